The summed E-state index contributed by atoms with van der Waals surface area (Å²) in [7, 11) is 0. The summed E-state index contributed by atoms with van der Waals surface area (Å²) >= 11 is 5.79. The number of hydrogen-bond acceptors (Lipinski definition) is 4. The van der Waals surface area contributed by atoms with E-state index in [1.54, 1.807) is 36.7 Å². The van der Waals surface area contributed by atoms with Gasteiger partial charge in [-0.1, -0.05) is 23.7 Å². The van der Waals surface area contributed by atoms with Crippen LogP contribution in [0.1, 0.15) is 5.56 Å². The Morgan fingerprint density at radius 2 is 1.86 bits per heavy atom. The highest BCUT2D eigenvalue weighted by molar-refractivity contribution is 6.30. The van der Waals surface area contributed by atoms with Gasteiger partial charge in [-0.3, -0.25) is 4.79 Å². The van der Waals surface area contributed by atoms with Gasteiger partial charge in [-0.05, 0) is 29.8 Å². The zero-order valence-corrected chi connectivity index (χ0v) is 12.0. The van der Waals surface area contributed by atoms with Crippen LogP contribution in [-0.4, -0.2) is 29.0 Å². The molecule has 1 amide bonds. The molecule has 0 unspecified atom stereocenters. The zero-order valence-electron chi connectivity index (χ0n) is 11.3. The van der Waals surface area contributed by atoms with Crippen molar-refractivity contribution < 1.29 is 4.79 Å². The molecule has 6 heteroatoms. The number of anilines is 1. The molecule has 1 aromatic heterocycles. The molecule has 108 valence electrons. The van der Waals surface area contributed by atoms with E-state index < -0.39 is 0 Å². The standard InChI is InChI=1S/C15H15ClN4O/c16-13-5-2-12(3-6-13)4-7-14(21)17-10-11-20-15-18-8-1-9-19-15/h1-9H,10-11H2,(H,17,21)(H,18,19,20)/b7-4+. The van der Waals surface area contributed by atoms with Crippen LogP contribution in [0.4, 0.5) is 5.95 Å². The second-order valence-electron chi connectivity index (χ2n) is 4.18. The molecule has 2 aromatic rings. The largest absolute Gasteiger partial charge is 0.352 e. The van der Waals surface area contributed by atoms with Crippen molar-refractivity contribution in [1.29, 1.82) is 0 Å². The number of nitrogens with zero attached hydrogens (tertiary/aromatic N) is 2. The summed E-state index contributed by atoms with van der Waals surface area (Å²) in [4.78, 5) is 19.6. The Bertz CT molecular complexity index is 599. The van der Waals surface area contributed by atoms with E-state index in [4.69, 9.17) is 11.6 Å². The van der Waals surface area contributed by atoms with Gasteiger partial charge in [0.25, 0.3) is 0 Å². The normalized spacial score (nSPS) is 10.5. The van der Waals surface area contributed by atoms with Crippen LogP contribution in [0.2, 0.25) is 5.02 Å². The van der Waals surface area contributed by atoms with E-state index in [2.05, 4.69) is 20.6 Å². The second kappa shape index (κ2) is 8.01. The van der Waals surface area contributed by atoms with Gasteiger partial charge in [0.15, 0.2) is 0 Å². The first-order valence-corrected chi connectivity index (χ1v) is 6.84. The molecule has 0 aliphatic carbocycles. The van der Waals surface area contributed by atoms with Crippen LogP contribution in [0.5, 0.6) is 0 Å². The SMILES string of the molecule is O=C(/C=C/c1ccc(Cl)cc1)NCCNc1ncccn1. The number of halogens is 1. The third kappa shape index (κ3) is 5.62. The van der Waals surface area contributed by atoms with Gasteiger partial charge < -0.3 is 10.6 Å². The van der Waals surface area contributed by atoms with Crippen molar-refractivity contribution >= 4 is 29.5 Å². The maximum Gasteiger partial charge on any atom is 0.244 e. The molecule has 0 saturated carbocycles. The summed E-state index contributed by atoms with van der Waals surface area (Å²) in [5.74, 6) is 0.393. The maximum absolute atomic E-state index is 11.6. The number of aromatic nitrogens is 2. The van der Waals surface area contributed by atoms with E-state index in [0.29, 0.717) is 24.1 Å². The quantitative estimate of drug-likeness (QED) is 0.635. The number of carbonyl (C=O) groups is 1. The molecule has 1 aromatic carbocycles. The lowest BCUT2D eigenvalue weighted by Gasteiger charge is -2.04. The summed E-state index contributed by atoms with van der Waals surface area (Å²) in [5.41, 5.74) is 0.922. The summed E-state index contributed by atoms with van der Waals surface area (Å²) in [6.45, 7) is 1.05. The second-order valence-corrected chi connectivity index (χ2v) is 4.61. The van der Waals surface area contributed by atoms with Crippen molar-refractivity contribution in [1.82, 2.24) is 15.3 Å². The summed E-state index contributed by atoms with van der Waals surface area (Å²) in [6, 6.07) is 9.00. The minimum Gasteiger partial charge on any atom is -0.352 e. The molecule has 2 N–H and O–H groups in total. The molecule has 0 fully saturated rings. The first-order valence-electron chi connectivity index (χ1n) is 6.46. The van der Waals surface area contributed by atoms with Crippen LogP contribution in [-0.2, 0) is 4.79 Å². The van der Waals surface area contributed by atoms with Crippen molar-refractivity contribution in [3.63, 3.8) is 0 Å². The van der Waals surface area contributed by atoms with Gasteiger partial charge in [0.05, 0.1) is 0 Å². The molecule has 0 radical (unpaired) electrons. The van der Waals surface area contributed by atoms with Crippen LogP contribution in [0.25, 0.3) is 6.08 Å². The number of rotatable bonds is 6. The Labute approximate surface area is 128 Å². The highest BCUT2D eigenvalue weighted by atomic mass is 35.5. The fourth-order valence-electron chi connectivity index (χ4n) is 1.56. The molecular weight excluding hydrogens is 288 g/mol. The van der Waals surface area contributed by atoms with Gasteiger partial charge in [0, 0.05) is 36.6 Å². The molecule has 0 spiro atoms. The lowest BCUT2D eigenvalue weighted by atomic mass is 10.2. The Morgan fingerprint density at radius 1 is 1.14 bits per heavy atom. The van der Waals surface area contributed by atoms with Crippen LogP contribution in [0.15, 0.2) is 48.8 Å². The van der Waals surface area contributed by atoms with Crippen molar-refractivity contribution in [2.45, 2.75) is 0 Å². The van der Waals surface area contributed by atoms with Crippen LogP contribution in [0, 0.1) is 0 Å². The van der Waals surface area contributed by atoms with E-state index in [1.807, 2.05) is 12.1 Å². The molecule has 2 rings (SSSR count). The van der Waals surface area contributed by atoms with Crippen molar-refractivity contribution in [2.75, 3.05) is 18.4 Å². The van der Waals surface area contributed by atoms with Gasteiger partial charge in [0.2, 0.25) is 11.9 Å². The highest BCUT2D eigenvalue weighted by Gasteiger charge is 1.96. The summed E-state index contributed by atoms with van der Waals surface area (Å²) < 4.78 is 0. The summed E-state index contributed by atoms with van der Waals surface area (Å²) in [5, 5.41) is 6.44. The number of carbonyl (C=O) groups excluding carboxylic acids is 1. The number of benzene rings is 1. The molecule has 0 bridgehead atoms. The average molecular weight is 303 g/mol. The highest BCUT2D eigenvalue weighted by Crippen LogP contribution is 2.10. The molecule has 1 heterocycles. The van der Waals surface area contributed by atoms with E-state index in [0.717, 1.165) is 5.56 Å². The fourth-order valence-corrected chi connectivity index (χ4v) is 1.68. The van der Waals surface area contributed by atoms with E-state index in [9.17, 15) is 4.79 Å². The minimum absolute atomic E-state index is 0.152. The van der Waals surface area contributed by atoms with E-state index in [-0.39, 0.29) is 5.91 Å². The van der Waals surface area contributed by atoms with E-state index >= 15 is 0 Å². The Balaban J connectivity index is 1.69. The van der Waals surface area contributed by atoms with Gasteiger partial charge in [-0.2, -0.15) is 0 Å². The zero-order chi connectivity index (χ0) is 14.9. The fraction of sp³-hybridized carbons (Fsp3) is 0.133. The van der Waals surface area contributed by atoms with Gasteiger partial charge >= 0.3 is 0 Å². The maximum atomic E-state index is 11.6. The molecule has 5 nitrogen and oxygen atoms in total. The Hall–Kier alpha value is -2.40. The lowest BCUT2D eigenvalue weighted by molar-refractivity contribution is -0.116. The van der Waals surface area contributed by atoms with Gasteiger partial charge in [0.1, 0.15) is 0 Å². The molecule has 0 saturated heterocycles. The first kappa shape index (κ1) is 15.0. The topological polar surface area (TPSA) is 66.9 Å². The van der Waals surface area contributed by atoms with Crippen molar-refractivity contribution in [3.8, 4) is 0 Å². The van der Waals surface area contributed by atoms with E-state index in [1.165, 1.54) is 6.08 Å². The van der Waals surface area contributed by atoms with Crippen LogP contribution in [0.3, 0.4) is 0 Å². The molecular formula is C15H15ClN4O. The monoisotopic (exact) mass is 302 g/mol. The average Bonchev–Trinajstić information content (AvgIpc) is 2.52. The Morgan fingerprint density at radius 3 is 2.57 bits per heavy atom. The number of nitrogens with one attached hydrogen (secondary N) is 2. The predicted octanol–water partition coefficient (Wildman–Crippen LogP) is 2.37. The van der Waals surface area contributed by atoms with Gasteiger partial charge in [-0.25, -0.2) is 9.97 Å². The van der Waals surface area contributed by atoms with Crippen molar-refractivity contribution in [2.24, 2.45) is 0 Å². The molecule has 21 heavy (non-hydrogen) atoms. The molecule has 0 aliphatic rings. The Kier molecular flexibility index (Phi) is 5.72. The molecule has 0 aliphatic heterocycles. The lowest BCUT2D eigenvalue weighted by Crippen LogP contribution is -2.27. The minimum atomic E-state index is -0.152. The van der Waals surface area contributed by atoms with Crippen LogP contribution < -0.4 is 10.6 Å². The first-order chi connectivity index (χ1) is 10.2. The molecule has 0 atom stereocenters. The van der Waals surface area contributed by atoms with Crippen molar-refractivity contribution in [3.05, 3.63) is 59.4 Å². The smallest absolute Gasteiger partial charge is 0.244 e. The third-order valence-electron chi connectivity index (χ3n) is 2.57. The van der Waals surface area contributed by atoms with Gasteiger partial charge in [-0.15, -0.1) is 0 Å². The predicted molar refractivity (Wildman–Crippen MR) is 84.0 cm³/mol. The van der Waals surface area contributed by atoms with Crippen LogP contribution >= 0.6 is 11.6 Å². The number of hydrogen-bond donors (Lipinski definition) is 2. The number of amides is 1. The third-order valence-corrected chi connectivity index (χ3v) is 2.82. The summed E-state index contributed by atoms with van der Waals surface area (Å²) in [6.07, 6.45) is 6.53.